The van der Waals surface area contributed by atoms with Gasteiger partial charge in [-0.1, -0.05) is 6.92 Å². The van der Waals surface area contributed by atoms with E-state index < -0.39 is 0 Å². The van der Waals surface area contributed by atoms with Gasteiger partial charge in [0, 0.05) is 45.3 Å². The Morgan fingerprint density at radius 1 is 1.04 bits per heavy atom. The van der Waals surface area contributed by atoms with Crippen molar-refractivity contribution in [3.05, 3.63) is 12.4 Å². The Morgan fingerprint density at radius 2 is 1.72 bits per heavy atom. The summed E-state index contributed by atoms with van der Waals surface area (Å²) in [7, 11) is 0. The Balaban J connectivity index is 1.45. The first kappa shape index (κ1) is 16.6. The maximum Gasteiger partial charge on any atom is 0.227 e. The molecule has 7 heteroatoms. The first-order valence-electron chi connectivity index (χ1n) is 9.41. The molecule has 2 atom stereocenters. The summed E-state index contributed by atoms with van der Waals surface area (Å²) in [5.74, 6) is 2.61. The Hall–Kier alpha value is -1.89. The molecule has 7 nitrogen and oxygen atoms in total. The third-order valence-corrected chi connectivity index (χ3v) is 5.64. The average molecular weight is 345 g/mol. The van der Waals surface area contributed by atoms with E-state index in [0.717, 1.165) is 37.8 Å². The minimum Gasteiger partial charge on any atom is -0.378 e. The second-order valence-corrected chi connectivity index (χ2v) is 7.35. The summed E-state index contributed by atoms with van der Waals surface area (Å²) in [4.78, 5) is 28.3. The van der Waals surface area contributed by atoms with E-state index in [2.05, 4.69) is 32.8 Å². The molecule has 136 valence electrons. The van der Waals surface area contributed by atoms with Gasteiger partial charge in [0.15, 0.2) is 0 Å². The molecule has 0 bridgehead atoms. The second-order valence-electron chi connectivity index (χ2n) is 7.35. The smallest absolute Gasteiger partial charge is 0.227 e. The van der Waals surface area contributed by atoms with Crippen molar-refractivity contribution in [2.45, 2.75) is 19.8 Å². The SMILES string of the molecule is C[C@@H]1CN(c2cc(N3CCCC3)ncn2)C[C@H]1C(=O)N1CCOCC1. The van der Waals surface area contributed by atoms with Crippen LogP contribution in [0, 0.1) is 11.8 Å². The van der Waals surface area contributed by atoms with Gasteiger partial charge in [-0.2, -0.15) is 0 Å². The van der Waals surface area contributed by atoms with Crippen LogP contribution in [0.25, 0.3) is 0 Å². The molecule has 1 aromatic heterocycles. The number of anilines is 2. The lowest BCUT2D eigenvalue weighted by atomic mass is 9.96. The zero-order chi connectivity index (χ0) is 17.2. The summed E-state index contributed by atoms with van der Waals surface area (Å²) in [6.45, 7) is 8.68. The quantitative estimate of drug-likeness (QED) is 0.815. The Kier molecular flexibility index (Phi) is 4.74. The summed E-state index contributed by atoms with van der Waals surface area (Å²) >= 11 is 0. The number of ether oxygens (including phenoxy) is 1. The van der Waals surface area contributed by atoms with Gasteiger partial charge in [-0.25, -0.2) is 9.97 Å². The monoisotopic (exact) mass is 345 g/mol. The first-order chi connectivity index (χ1) is 12.2. The van der Waals surface area contributed by atoms with Crippen molar-refractivity contribution < 1.29 is 9.53 Å². The lowest BCUT2D eigenvalue weighted by Gasteiger charge is -2.30. The van der Waals surface area contributed by atoms with E-state index >= 15 is 0 Å². The van der Waals surface area contributed by atoms with Gasteiger partial charge in [-0.05, 0) is 18.8 Å². The van der Waals surface area contributed by atoms with Gasteiger partial charge in [0.1, 0.15) is 18.0 Å². The van der Waals surface area contributed by atoms with Crippen molar-refractivity contribution in [1.29, 1.82) is 0 Å². The zero-order valence-corrected chi connectivity index (χ0v) is 14.9. The van der Waals surface area contributed by atoms with Crippen molar-refractivity contribution in [3.63, 3.8) is 0 Å². The summed E-state index contributed by atoms with van der Waals surface area (Å²) in [6.07, 6.45) is 4.12. The highest BCUT2D eigenvalue weighted by Crippen LogP contribution is 2.30. The fraction of sp³-hybridized carbons (Fsp3) is 0.722. The Bertz CT molecular complexity index is 613. The number of hydrogen-bond acceptors (Lipinski definition) is 6. The molecular weight excluding hydrogens is 318 g/mol. The highest BCUT2D eigenvalue weighted by Gasteiger charge is 2.38. The molecule has 0 spiro atoms. The summed E-state index contributed by atoms with van der Waals surface area (Å²) in [6, 6.07) is 2.08. The lowest BCUT2D eigenvalue weighted by Crippen LogP contribution is -2.45. The lowest BCUT2D eigenvalue weighted by molar-refractivity contribution is -0.140. The standard InChI is InChI=1S/C18H27N5O2/c1-14-11-23(12-15(14)18(24)22-6-8-25-9-7-22)17-10-16(19-13-20-17)21-4-2-3-5-21/h10,13-15H,2-9,11-12H2,1H3/t14-,15-/m1/s1. The van der Waals surface area contributed by atoms with Crippen LogP contribution in [0.3, 0.4) is 0 Å². The van der Waals surface area contributed by atoms with Gasteiger partial charge >= 0.3 is 0 Å². The van der Waals surface area contributed by atoms with Crippen molar-refractivity contribution in [2.24, 2.45) is 11.8 Å². The molecule has 0 aliphatic carbocycles. The summed E-state index contributed by atoms with van der Waals surface area (Å²) in [5, 5.41) is 0. The number of rotatable bonds is 3. The van der Waals surface area contributed by atoms with Gasteiger partial charge in [-0.3, -0.25) is 4.79 Å². The van der Waals surface area contributed by atoms with E-state index in [1.54, 1.807) is 6.33 Å². The molecule has 0 radical (unpaired) electrons. The largest absolute Gasteiger partial charge is 0.378 e. The zero-order valence-electron chi connectivity index (χ0n) is 14.9. The van der Waals surface area contributed by atoms with Gasteiger partial charge in [0.2, 0.25) is 5.91 Å². The molecule has 3 aliphatic rings. The molecule has 0 saturated carbocycles. The normalized spacial score (nSPS) is 27.2. The van der Waals surface area contributed by atoms with Gasteiger partial charge in [-0.15, -0.1) is 0 Å². The number of aromatic nitrogens is 2. The van der Waals surface area contributed by atoms with E-state index in [-0.39, 0.29) is 11.8 Å². The molecule has 3 saturated heterocycles. The summed E-state index contributed by atoms with van der Waals surface area (Å²) < 4.78 is 5.37. The maximum atomic E-state index is 12.9. The van der Waals surface area contributed by atoms with Crippen molar-refractivity contribution in [2.75, 3.05) is 62.3 Å². The van der Waals surface area contributed by atoms with E-state index in [0.29, 0.717) is 32.2 Å². The number of carbonyl (C=O) groups is 1. The molecule has 3 fully saturated rings. The molecule has 3 aliphatic heterocycles. The molecule has 0 N–H and O–H groups in total. The maximum absolute atomic E-state index is 12.9. The molecule has 0 aromatic carbocycles. The van der Waals surface area contributed by atoms with Crippen LogP contribution in [0.5, 0.6) is 0 Å². The third kappa shape index (κ3) is 3.42. The average Bonchev–Trinajstić information content (AvgIpc) is 3.32. The predicted molar refractivity (Wildman–Crippen MR) is 95.7 cm³/mol. The van der Waals surface area contributed by atoms with Gasteiger partial charge in [0.05, 0.1) is 19.1 Å². The second kappa shape index (κ2) is 7.15. The van der Waals surface area contributed by atoms with Crippen LogP contribution in [-0.2, 0) is 9.53 Å². The van der Waals surface area contributed by atoms with Crippen molar-refractivity contribution in [3.8, 4) is 0 Å². The van der Waals surface area contributed by atoms with Crippen LogP contribution in [0.1, 0.15) is 19.8 Å². The Morgan fingerprint density at radius 3 is 2.44 bits per heavy atom. The van der Waals surface area contributed by atoms with E-state index in [9.17, 15) is 4.79 Å². The van der Waals surface area contributed by atoms with Crippen LogP contribution in [0.15, 0.2) is 12.4 Å². The molecule has 4 heterocycles. The Labute approximate surface area is 149 Å². The fourth-order valence-corrected chi connectivity index (χ4v) is 4.12. The van der Waals surface area contributed by atoms with Crippen molar-refractivity contribution in [1.82, 2.24) is 14.9 Å². The van der Waals surface area contributed by atoms with Crippen LogP contribution in [-0.4, -0.2) is 73.3 Å². The number of amides is 1. The number of hydrogen-bond donors (Lipinski definition) is 0. The van der Waals surface area contributed by atoms with E-state index in [1.165, 1.54) is 12.8 Å². The minimum atomic E-state index is 0.0447. The molecule has 1 aromatic rings. The highest BCUT2D eigenvalue weighted by molar-refractivity contribution is 5.80. The highest BCUT2D eigenvalue weighted by atomic mass is 16.5. The fourth-order valence-electron chi connectivity index (χ4n) is 4.12. The topological polar surface area (TPSA) is 61.8 Å². The van der Waals surface area contributed by atoms with Crippen molar-refractivity contribution >= 4 is 17.5 Å². The number of carbonyl (C=O) groups excluding carboxylic acids is 1. The third-order valence-electron chi connectivity index (χ3n) is 5.64. The van der Waals surface area contributed by atoms with Crippen LogP contribution < -0.4 is 9.80 Å². The van der Waals surface area contributed by atoms with E-state index in [4.69, 9.17) is 4.74 Å². The number of morpholine rings is 1. The molecule has 1 amide bonds. The predicted octanol–water partition coefficient (Wildman–Crippen LogP) is 1.01. The first-order valence-corrected chi connectivity index (χ1v) is 9.41. The molecule has 25 heavy (non-hydrogen) atoms. The van der Waals surface area contributed by atoms with Gasteiger partial charge < -0.3 is 19.4 Å². The summed E-state index contributed by atoms with van der Waals surface area (Å²) in [5.41, 5.74) is 0. The van der Waals surface area contributed by atoms with Crippen LogP contribution >= 0.6 is 0 Å². The molecule has 4 rings (SSSR count). The van der Waals surface area contributed by atoms with Gasteiger partial charge in [0.25, 0.3) is 0 Å². The minimum absolute atomic E-state index is 0.0447. The molecular formula is C18H27N5O2. The molecule has 0 unspecified atom stereocenters. The van der Waals surface area contributed by atoms with Crippen LogP contribution in [0.2, 0.25) is 0 Å². The van der Waals surface area contributed by atoms with E-state index in [1.807, 2.05) is 4.90 Å². The van der Waals surface area contributed by atoms with Crippen LogP contribution in [0.4, 0.5) is 11.6 Å². The number of nitrogens with zero attached hydrogens (tertiary/aromatic N) is 5.